The third-order valence-corrected chi connectivity index (χ3v) is 2.88. The normalized spacial score (nSPS) is 15.6. The lowest BCUT2D eigenvalue weighted by Crippen LogP contribution is -2.41. The van der Waals surface area contributed by atoms with Crippen LogP contribution in [0.15, 0.2) is 24.3 Å². The summed E-state index contributed by atoms with van der Waals surface area (Å²) in [6.07, 6.45) is -0.776. The summed E-state index contributed by atoms with van der Waals surface area (Å²) >= 11 is 0. The van der Waals surface area contributed by atoms with Gasteiger partial charge in [-0.05, 0) is 44.0 Å². The van der Waals surface area contributed by atoms with Gasteiger partial charge in [0.05, 0.1) is 0 Å². The maximum absolute atomic E-state index is 12.9. The van der Waals surface area contributed by atoms with Crippen LogP contribution in [0.3, 0.4) is 0 Å². The van der Waals surface area contributed by atoms with E-state index in [1.165, 1.54) is 12.1 Å². The molecule has 1 aromatic carbocycles. The second-order valence-electron chi connectivity index (χ2n) is 5.21. The van der Waals surface area contributed by atoms with Crippen molar-refractivity contribution in [2.24, 2.45) is 11.7 Å². The number of halogens is 1. The van der Waals surface area contributed by atoms with E-state index in [0.29, 0.717) is 5.75 Å². The molecule has 0 radical (unpaired) electrons. The maximum Gasteiger partial charge on any atom is 0.323 e. The number of carbonyl (C=O) groups excluding carboxylic acids is 1. The Labute approximate surface area is 119 Å². The fourth-order valence-corrected chi connectivity index (χ4v) is 1.80. The van der Waals surface area contributed by atoms with Gasteiger partial charge in [-0.15, -0.1) is 0 Å². The molecule has 0 aliphatic rings. The number of esters is 1. The van der Waals surface area contributed by atoms with Crippen LogP contribution >= 0.6 is 0 Å². The Morgan fingerprint density at radius 1 is 1.15 bits per heavy atom. The zero-order valence-corrected chi connectivity index (χ0v) is 12.3. The van der Waals surface area contributed by atoms with Crippen LogP contribution in [0.25, 0.3) is 0 Å². The zero-order valence-electron chi connectivity index (χ0n) is 12.3. The second-order valence-corrected chi connectivity index (χ2v) is 5.21. The number of rotatable bonds is 6. The molecule has 1 aromatic rings. The Kier molecular flexibility index (Phi) is 5.95. The molecule has 20 heavy (non-hydrogen) atoms. The van der Waals surface area contributed by atoms with E-state index in [-0.39, 0.29) is 17.8 Å². The van der Waals surface area contributed by atoms with Gasteiger partial charge < -0.3 is 15.2 Å². The molecular weight excluding hydrogens is 261 g/mol. The van der Waals surface area contributed by atoms with Gasteiger partial charge >= 0.3 is 5.97 Å². The predicted octanol–water partition coefficient (Wildman–Crippen LogP) is 2.51. The minimum Gasteiger partial charge on any atom is -0.486 e. The minimum absolute atomic E-state index is 0.121. The Morgan fingerprint density at radius 2 is 1.70 bits per heavy atom. The van der Waals surface area contributed by atoms with Crippen molar-refractivity contribution in [2.45, 2.75) is 45.9 Å². The van der Waals surface area contributed by atoms with Gasteiger partial charge in [-0.1, -0.05) is 13.8 Å². The van der Waals surface area contributed by atoms with Gasteiger partial charge in [-0.3, -0.25) is 4.79 Å². The van der Waals surface area contributed by atoms with Crippen LogP contribution in [0.2, 0.25) is 0 Å². The van der Waals surface area contributed by atoms with Crippen LogP contribution < -0.4 is 10.5 Å². The molecule has 0 heterocycles. The molecule has 4 nitrogen and oxygen atoms in total. The molecule has 0 aliphatic heterocycles. The van der Waals surface area contributed by atoms with Crippen LogP contribution in [-0.2, 0) is 9.53 Å². The van der Waals surface area contributed by atoms with E-state index in [1.807, 2.05) is 13.8 Å². The largest absolute Gasteiger partial charge is 0.486 e. The molecule has 0 aromatic heterocycles. The highest BCUT2D eigenvalue weighted by atomic mass is 19.1. The van der Waals surface area contributed by atoms with E-state index in [0.717, 1.165) is 0 Å². The van der Waals surface area contributed by atoms with Crippen molar-refractivity contribution in [3.05, 3.63) is 30.1 Å². The van der Waals surface area contributed by atoms with Gasteiger partial charge in [0.15, 0.2) is 0 Å². The number of hydrogen-bond acceptors (Lipinski definition) is 4. The fraction of sp³-hybridized carbons (Fsp3) is 0.533. The smallest absolute Gasteiger partial charge is 0.323 e. The van der Waals surface area contributed by atoms with Crippen molar-refractivity contribution < 1.29 is 18.7 Å². The van der Waals surface area contributed by atoms with E-state index in [1.54, 1.807) is 26.0 Å². The predicted molar refractivity (Wildman–Crippen MR) is 74.9 cm³/mol. The van der Waals surface area contributed by atoms with Crippen LogP contribution in [0.4, 0.5) is 4.39 Å². The van der Waals surface area contributed by atoms with Gasteiger partial charge in [-0.25, -0.2) is 4.39 Å². The fourth-order valence-electron chi connectivity index (χ4n) is 1.80. The number of hydrogen-bond donors (Lipinski definition) is 1. The molecule has 0 aliphatic carbocycles. The minimum atomic E-state index is -0.670. The lowest BCUT2D eigenvalue weighted by molar-refractivity contribution is -0.155. The SMILES string of the molecule is CC(C)[C@@H](Oc1ccc(F)cc1)[C@H](C)OC(=O)[C@H](C)N. The van der Waals surface area contributed by atoms with Gasteiger partial charge in [0.1, 0.15) is 29.8 Å². The summed E-state index contributed by atoms with van der Waals surface area (Å²) < 4.78 is 23.9. The molecule has 5 heteroatoms. The highest BCUT2D eigenvalue weighted by Crippen LogP contribution is 2.20. The summed E-state index contributed by atoms with van der Waals surface area (Å²) in [4.78, 5) is 11.5. The summed E-state index contributed by atoms with van der Waals surface area (Å²) in [7, 11) is 0. The molecule has 0 saturated carbocycles. The van der Waals surface area contributed by atoms with E-state index in [2.05, 4.69) is 0 Å². The number of benzene rings is 1. The van der Waals surface area contributed by atoms with E-state index in [9.17, 15) is 9.18 Å². The van der Waals surface area contributed by atoms with Crippen LogP contribution in [0.5, 0.6) is 5.75 Å². The molecule has 0 amide bonds. The molecular formula is C15H22FNO3. The Bertz CT molecular complexity index is 431. The summed E-state index contributed by atoms with van der Waals surface area (Å²) in [5.74, 6) is -0.134. The molecule has 1 rings (SSSR count). The van der Waals surface area contributed by atoms with E-state index >= 15 is 0 Å². The van der Waals surface area contributed by atoms with Crippen molar-refractivity contribution in [1.29, 1.82) is 0 Å². The lowest BCUT2D eigenvalue weighted by atomic mass is 10.0. The first-order chi connectivity index (χ1) is 9.31. The van der Waals surface area contributed by atoms with Crippen LogP contribution in [-0.4, -0.2) is 24.2 Å². The first-order valence-corrected chi connectivity index (χ1v) is 6.69. The Morgan fingerprint density at radius 3 is 2.15 bits per heavy atom. The summed E-state index contributed by atoms with van der Waals surface area (Å²) in [5, 5.41) is 0. The molecule has 0 fully saturated rings. The summed E-state index contributed by atoms with van der Waals surface area (Å²) in [6.45, 7) is 7.25. The average Bonchev–Trinajstić information content (AvgIpc) is 2.37. The monoisotopic (exact) mass is 283 g/mol. The third kappa shape index (κ3) is 4.81. The highest BCUT2D eigenvalue weighted by molar-refractivity contribution is 5.75. The first kappa shape index (κ1) is 16.4. The standard InChI is InChI=1S/C15H22FNO3/c1-9(2)14(11(4)19-15(18)10(3)17)20-13-7-5-12(16)6-8-13/h5-11,14H,17H2,1-4H3/t10-,11-,14+/m0/s1. The molecule has 112 valence electrons. The van der Waals surface area contributed by atoms with Gasteiger partial charge in [0.2, 0.25) is 0 Å². The number of nitrogens with two attached hydrogens (primary N) is 1. The van der Waals surface area contributed by atoms with E-state index < -0.39 is 18.1 Å². The molecule has 3 atom stereocenters. The maximum atomic E-state index is 12.9. The Balaban J connectivity index is 2.73. The average molecular weight is 283 g/mol. The molecule has 0 spiro atoms. The first-order valence-electron chi connectivity index (χ1n) is 6.69. The van der Waals surface area contributed by atoms with Crippen molar-refractivity contribution >= 4 is 5.97 Å². The van der Waals surface area contributed by atoms with E-state index in [4.69, 9.17) is 15.2 Å². The number of ether oxygens (including phenoxy) is 2. The highest BCUT2D eigenvalue weighted by Gasteiger charge is 2.27. The summed E-state index contributed by atoms with van der Waals surface area (Å²) in [6, 6.07) is 5.07. The summed E-state index contributed by atoms with van der Waals surface area (Å²) in [5.41, 5.74) is 5.47. The van der Waals surface area contributed by atoms with Crippen LogP contribution in [0, 0.1) is 11.7 Å². The van der Waals surface area contributed by atoms with Crippen molar-refractivity contribution in [1.82, 2.24) is 0 Å². The van der Waals surface area contributed by atoms with Crippen molar-refractivity contribution in [2.75, 3.05) is 0 Å². The van der Waals surface area contributed by atoms with Gasteiger partial charge in [0, 0.05) is 0 Å². The molecule has 0 unspecified atom stereocenters. The van der Waals surface area contributed by atoms with Crippen molar-refractivity contribution in [3.8, 4) is 5.75 Å². The Hall–Kier alpha value is -1.62. The lowest BCUT2D eigenvalue weighted by Gasteiger charge is -2.28. The topological polar surface area (TPSA) is 61.5 Å². The third-order valence-electron chi connectivity index (χ3n) is 2.88. The van der Waals surface area contributed by atoms with Gasteiger partial charge in [0.25, 0.3) is 0 Å². The number of carbonyl (C=O) groups is 1. The van der Waals surface area contributed by atoms with Gasteiger partial charge in [-0.2, -0.15) is 0 Å². The second kappa shape index (κ2) is 7.24. The zero-order chi connectivity index (χ0) is 15.3. The van der Waals surface area contributed by atoms with Crippen LogP contribution in [0.1, 0.15) is 27.7 Å². The quantitative estimate of drug-likeness (QED) is 0.815. The molecule has 0 bridgehead atoms. The molecule has 0 saturated heterocycles. The molecule has 2 N–H and O–H groups in total. The van der Waals surface area contributed by atoms with Crippen molar-refractivity contribution in [3.63, 3.8) is 0 Å².